The fourth-order valence-corrected chi connectivity index (χ4v) is 2.82. The second kappa shape index (κ2) is 9.10. The summed E-state index contributed by atoms with van der Waals surface area (Å²) < 4.78 is 0. The Balaban J connectivity index is 1.97. The molecular weight excluding hydrogens is 354 g/mol. The molecular formula is C18H19N3O2S2. The number of carbonyl (C=O) groups is 2. The molecule has 0 aliphatic rings. The Morgan fingerprint density at radius 1 is 1.16 bits per heavy atom. The molecule has 0 saturated carbocycles. The standard InChI is InChI=1S/C18H19N3O2S2/c1-3-16(22)19-14-7-4-8-15(12(14)2)20-18(24)21-17(23)10-9-13-6-5-11-25-13/h4-11H,3H2,1-2H3,(H,19,22)(H2,20,21,23,24)/b10-9+. The highest BCUT2D eigenvalue weighted by Crippen LogP contribution is 2.23. The van der Waals surface area contributed by atoms with E-state index in [9.17, 15) is 9.59 Å². The van der Waals surface area contributed by atoms with Gasteiger partial charge < -0.3 is 10.6 Å². The van der Waals surface area contributed by atoms with Gasteiger partial charge in [-0.15, -0.1) is 11.3 Å². The predicted octanol–water partition coefficient (Wildman–Crippen LogP) is 3.93. The Bertz CT molecular complexity index is 799. The van der Waals surface area contributed by atoms with E-state index in [2.05, 4.69) is 16.0 Å². The van der Waals surface area contributed by atoms with Crippen molar-refractivity contribution in [3.63, 3.8) is 0 Å². The molecule has 0 aliphatic heterocycles. The second-order valence-electron chi connectivity index (χ2n) is 5.17. The quantitative estimate of drug-likeness (QED) is 0.549. The highest BCUT2D eigenvalue weighted by atomic mass is 32.1. The normalized spacial score (nSPS) is 10.5. The molecule has 1 aromatic carbocycles. The SMILES string of the molecule is CCC(=O)Nc1cccc(NC(=S)NC(=O)/C=C/c2cccs2)c1C. The van der Waals surface area contributed by atoms with Crippen molar-refractivity contribution in [3.8, 4) is 0 Å². The third-order valence-corrected chi connectivity index (χ3v) is 4.40. The molecule has 2 amide bonds. The minimum Gasteiger partial charge on any atom is -0.332 e. The van der Waals surface area contributed by atoms with Gasteiger partial charge in [0.2, 0.25) is 11.8 Å². The first kappa shape index (κ1) is 18.8. The van der Waals surface area contributed by atoms with Crippen molar-refractivity contribution < 1.29 is 9.59 Å². The molecule has 0 bridgehead atoms. The summed E-state index contributed by atoms with van der Waals surface area (Å²) in [4.78, 5) is 24.4. The van der Waals surface area contributed by atoms with Gasteiger partial charge in [-0.25, -0.2) is 0 Å². The van der Waals surface area contributed by atoms with Gasteiger partial charge in [0.05, 0.1) is 0 Å². The predicted molar refractivity (Wildman–Crippen MR) is 108 cm³/mol. The van der Waals surface area contributed by atoms with Gasteiger partial charge in [0.15, 0.2) is 5.11 Å². The number of benzene rings is 1. The lowest BCUT2D eigenvalue weighted by atomic mass is 10.1. The summed E-state index contributed by atoms with van der Waals surface area (Å²) in [5, 5.41) is 10.6. The van der Waals surface area contributed by atoms with Crippen LogP contribution >= 0.6 is 23.6 Å². The summed E-state index contributed by atoms with van der Waals surface area (Å²) in [7, 11) is 0. The van der Waals surface area contributed by atoms with Gasteiger partial charge in [-0.2, -0.15) is 0 Å². The van der Waals surface area contributed by atoms with Crippen LogP contribution in [-0.2, 0) is 9.59 Å². The zero-order valence-corrected chi connectivity index (χ0v) is 15.6. The molecule has 0 spiro atoms. The Kier molecular flexibility index (Phi) is 6.85. The van der Waals surface area contributed by atoms with E-state index in [1.54, 1.807) is 24.3 Å². The molecule has 0 fully saturated rings. The van der Waals surface area contributed by atoms with Crippen LogP contribution in [0.25, 0.3) is 6.08 Å². The zero-order valence-electron chi connectivity index (χ0n) is 14.0. The number of anilines is 2. The Morgan fingerprint density at radius 2 is 1.88 bits per heavy atom. The minimum absolute atomic E-state index is 0.0603. The number of rotatable bonds is 5. The molecule has 7 heteroatoms. The molecule has 0 saturated heterocycles. The Labute approximate surface area is 156 Å². The van der Waals surface area contributed by atoms with Crippen molar-refractivity contribution in [2.45, 2.75) is 20.3 Å². The lowest BCUT2D eigenvalue weighted by molar-refractivity contribution is -0.116. The summed E-state index contributed by atoms with van der Waals surface area (Å²) >= 11 is 6.73. The molecule has 5 nitrogen and oxygen atoms in total. The van der Waals surface area contributed by atoms with E-state index in [1.807, 2.05) is 42.6 Å². The fraction of sp³-hybridized carbons (Fsp3) is 0.167. The first-order valence-corrected chi connectivity index (χ1v) is 9.01. The molecule has 130 valence electrons. The topological polar surface area (TPSA) is 70.2 Å². The van der Waals surface area contributed by atoms with Crippen molar-refractivity contribution in [1.82, 2.24) is 5.32 Å². The molecule has 25 heavy (non-hydrogen) atoms. The molecule has 1 heterocycles. The largest absolute Gasteiger partial charge is 0.332 e. The van der Waals surface area contributed by atoms with Crippen LogP contribution in [0.1, 0.15) is 23.8 Å². The van der Waals surface area contributed by atoms with E-state index < -0.39 is 0 Å². The first-order valence-electron chi connectivity index (χ1n) is 7.72. The molecule has 3 N–H and O–H groups in total. The fourth-order valence-electron chi connectivity index (χ4n) is 2.00. The molecule has 0 atom stereocenters. The van der Waals surface area contributed by atoms with Crippen LogP contribution in [0.5, 0.6) is 0 Å². The number of thiocarbonyl (C=S) groups is 1. The van der Waals surface area contributed by atoms with Crippen LogP contribution in [0.3, 0.4) is 0 Å². The average molecular weight is 374 g/mol. The minimum atomic E-state index is -0.306. The number of amides is 2. The van der Waals surface area contributed by atoms with Gasteiger partial charge >= 0.3 is 0 Å². The zero-order chi connectivity index (χ0) is 18.2. The molecule has 2 aromatic rings. The summed E-state index contributed by atoms with van der Waals surface area (Å²) in [6.45, 7) is 3.66. The van der Waals surface area contributed by atoms with E-state index in [0.29, 0.717) is 12.1 Å². The van der Waals surface area contributed by atoms with E-state index in [-0.39, 0.29) is 16.9 Å². The highest BCUT2D eigenvalue weighted by Gasteiger charge is 2.08. The van der Waals surface area contributed by atoms with Gasteiger partial charge in [0.25, 0.3) is 0 Å². The molecule has 0 unspecified atom stereocenters. The van der Waals surface area contributed by atoms with Crippen LogP contribution in [0, 0.1) is 6.92 Å². The molecule has 0 aliphatic carbocycles. The average Bonchev–Trinajstić information content (AvgIpc) is 3.10. The smallest absolute Gasteiger partial charge is 0.250 e. The number of hydrogen-bond acceptors (Lipinski definition) is 4. The van der Waals surface area contributed by atoms with Crippen LogP contribution in [0.2, 0.25) is 0 Å². The number of thiophene rings is 1. The second-order valence-corrected chi connectivity index (χ2v) is 6.56. The van der Waals surface area contributed by atoms with E-state index in [4.69, 9.17) is 12.2 Å². The van der Waals surface area contributed by atoms with Crippen LogP contribution in [-0.4, -0.2) is 16.9 Å². The summed E-state index contributed by atoms with van der Waals surface area (Å²) in [6, 6.07) is 9.30. The maximum Gasteiger partial charge on any atom is 0.250 e. The van der Waals surface area contributed by atoms with Crippen molar-refractivity contribution in [2.24, 2.45) is 0 Å². The van der Waals surface area contributed by atoms with Gasteiger partial charge in [-0.05, 0) is 54.4 Å². The Hall–Kier alpha value is -2.51. The first-order chi connectivity index (χ1) is 12.0. The van der Waals surface area contributed by atoms with Gasteiger partial charge in [0.1, 0.15) is 0 Å². The number of carbonyl (C=O) groups excluding carboxylic acids is 2. The number of nitrogens with one attached hydrogen (secondary N) is 3. The lowest BCUT2D eigenvalue weighted by Gasteiger charge is -2.14. The summed E-state index contributed by atoms with van der Waals surface area (Å²) in [5.74, 6) is -0.367. The maximum atomic E-state index is 11.9. The lowest BCUT2D eigenvalue weighted by Crippen LogP contribution is -2.33. The van der Waals surface area contributed by atoms with Crippen molar-refractivity contribution >= 4 is 57.9 Å². The summed E-state index contributed by atoms with van der Waals surface area (Å²) in [5.41, 5.74) is 2.28. The van der Waals surface area contributed by atoms with E-state index in [0.717, 1.165) is 16.1 Å². The third-order valence-electron chi connectivity index (χ3n) is 3.36. The monoisotopic (exact) mass is 373 g/mol. The molecule has 1 aromatic heterocycles. The van der Waals surface area contributed by atoms with Crippen molar-refractivity contribution in [3.05, 3.63) is 52.2 Å². The van der Waals surface area contributed by atoms with Crippen LogP contribution in [0.4, 0.5) is 11.4 Å². The third kappa shape index (κ3) is 5.81. The van der Waals surface area contributed by atoms with E-state index >= 15 is 0 Å². The van der Waals surface area contributed by atoms with Gasteiger partial charge in [0, 0.05) is 28.7 Å². The summed E-state index contributed by atoms with van der Waals surface area (Å²) in [6.07, 6.45) is 3.57. The van der Waals surface area contributed by atoms with E-state index in [1.165, 1.54) is 6.08 Å². The van der Waals surface area contributed by atoms with Crippen LogP contribution < -0.4 is 16.0 Å². The van der Waals surface area contributed by atoms with Crippen molar-refractivity contribution in [1.29, 1.82) is 0 Å². The molecule has 2 rings (SSSR count). The van der Waals surface area contributed by atoms with Gasteiger partial charge in [-0.3, -0.25) is 14.9 Å². The van der Waals surface area contributed by atoms with Crippen LogP contribution in [0.15, 0.2) is 41.8 Å². The van der Waals surface area contributed by atoms with Gasteiger partial charge in [-0.1, -0.05) is 19.1 Å². The Morgan fingerprint density at radius 3 is 2.52 bits per heavy atom. The number of hydrogen-bond donors (Lipinski definition) is 3. The highest BCUT2D eigenvalue weighted by molar-refractivity contribution is 7.80. The molecule has 0 radical (unpaired) electrons. The van der Waals surface area contributed by atoms with Crippen molar-refractivity contribution in [2.75, 3.05) is 10.6 Å². The maximum absolute atomic E-state index is 11.9.